The van der Waals surface area contributed by atoms with Gasteiger partial charge in [0.25, 0.3) is 5.91 Å². The van der Waals surface area contributed by atoms with E-state index < -0.39 is 110 Å². The highest BCUT2D eigenvalue weighted by Crippen LogP contribution is 2.45. The average Bonchev–Trinajstić information content (AvgIpc) is 3.90. The van der Waals surface area contributed by atoms with Crippen molar-refractivity contribution in [3.8, 4) is 0 Å². The third-order valence-corrected chi connectivity index (χ3v) is 13.1. The second-order valence-corrected chi connectivity index (χ2v) is 18.7. The number of hydrogen-bond donors (Lipinski definition) is 3. The summed E-state index contributed by atoms with van der Waals surface area (Å²) < 4.78 is 58.4. The van der Waals surface area contributed by atoms with Gasteiger partial charge in [-0.05, 0) is 58.1 Å². The quantitative estimate of drug-likeness (QED) is 0.153. The van der Waals surface area contributed by atoms with Crippen molar-refractivity contribution < 1.29 is 60.6 Å². The van der Waals surface area contributed by atoms with Gasteiger partial charge in [0.05, 0.1) is 24.9 Å². The number of nitrogens with one attached hydrogen (secondary N) is 3. The monoisotopic (exact) mass is 830 g/mol. The van der Waals surface area contributed by atoms with Gasteiger partial charge in [0.1, 0.15) is 47.3 Å². The van der Waals surface area contributed by atoms with Gasteiger partial charge in [-0.25, -0.2) is 27.2 Å². The van der Waals surface area contributed by atoms with Crippen LogP contribution in [0.1, 0.15) is 76.8 Å². The molecule has 6 aliphatic rings. The van der Waals surface area contributed by atoms with Crippen molar-refractivity contribution in [1.82, 2.24) is 30.1 Å². The Balaban J connectivity index is 1.12. The second kappa shape index (κ2) is 15.2. The Labute approximate surface area is 334 Å². The number of rotatable bonds is 12. The zero-order valence-electron chi connectivity index (χ0n) is 32.4. The van der Waals surface area contributed by atoms with E-state index in [2.05, 4.69) is 21.9 Å². The molecule has 2 saturated carbocycles. The van der Waals surface area contributed by atoms with E-state index in [9.17, 15) is 46.4 Å². The number of amides is 6. The first-order chi connectivity index (χ1) is 27.3. The lowest BCUT2D eigenvalue weighted by Gasteiger charge is -2.31. The van der Waals surface area contributed by atoms with Gasteiger partial charge in [0.15, 0.2) is 0 Å². The molecule has 3 saturated heterocycles. The predicted octanol–water partition coefficient (Wildman–Crippen LogP) is 1.12. The maximum absolute atomic E-state index is 14.6. The Kier molecular flexibility index (Phi) is 10.7. The molecule has 4 aliphatic heterocycles. The summed E-state index contributed by atoms with van der Waals surface area (Å²) in [6, 6.07) is 0.849. The number of benzene rings is 1. The summed E-state index contributed by atoms with van der Waals surface area (Å²) in [5.41, 5.74) is -1.76. The van der Waals surface area contributed by atoms with E-state index in [1.165, 1.54) is 28.0 Å². The molecule has 7 rings (SSSR count). The number of hydrogen-bond acceptors (Lipinski definition) is 12. The molecule has 7 atom stereocenters. The molecule has 58 heavy (non-hydrogen) atoms. The molecule has 2 aliphatic carbocycles. The van der Waals surface area contributed by atoms with E-state index in [1.54, 1.807) is 26.8 Å². The van der Waals surface area contributed by atoms with Crippen LogP contribution in [0.3, 0.4) is 0 Å². The minimum absolute atomic E-state index is 0.0241. The van der Waals surface area contributed by atoms with Gasteiger partial charge in [0.2, 0.25) is 27.7 Å². The molecular weight excluding hydrogens is 784 g/mol. The van der Waals surface area contributed by atoms with Crippen molar-refractivity contribution in [3.05, 3.63) is 47.8 Å². The molecule has 5 fully saturated rings. The van der Waals surface area contributed by atoms with Crippen LogP contribution in [-0.4, -0.2) is 125 Å². The standard InChI is InChI=1S/C38H47FN6O12S/c1-5-21-15-38(21,34(50)42-58(53,54)24-9-10-24)41-31(47)28-13-23(56-36(52)43-16-20-7-6-8-26(39)25(20)19-43)18-45(28)32(48)27(40-35(51)57-37(2,3)4)11-12-30(46)44-17-22-14-29(44)33(49)55-22/h5-8,21-24,27-29H,1,9-19H2,2-4H3,(H,40,51)(H,41,47)(H,42,50)/t21?,22-,23?,27+,28+,29?,38-/m1/s1. The summed E-state index contributed by atoms with van der Waals surface area (Å²) in [6.45, 7) is 8.35. The van der Waals surface area contributed by atoms with Gasteiger partial charge >= 0.3 is 18.2 Å². The van der Waals surface area contributed by atoms with E-state index in [0.29, 0.717) is 30.4 Å². The van der Waals surface area contributed by atoms with Gasteiger partial charge in [0, 0.05) is 37.3 Å². The highest BCUT2D eigenvalue weighted by molar-refractivity contribution is 7.91. The van der Waals surface area contributed by atoms with Crippen LogP contribution in [-0.2, 0) is 61.3 Å². The summed E-state index contributed by atoms with van der Waals surface area (Å²) in [5, 5.41) is 4.44. The molecule has 4 heterocycles. The fourth-order valence-electron chi connectivity index (χ4n) is 8.06. The summed E-state index contributed by atoms with van der Waals surface area (Å²) >= 11 is 0. The van der Waals surface area contributed by atoms with Crippen LogP contribution in [0.15, 0.2) is 30.9 Å². The lowest BCUT2D eigenvalue weighted by atomic mass is 10.1. The molecule has 0 spiro atoms. The van der Waals surface area contributed by atoms with Crippen LogP contribution >= 0.6 is 0 Å². The first-order valence-corrected chi connectivity index (χ1v) is 20.9. The first-order valence-electron chi connectivity index (χ1n) is 19.3. The zero-order chi connectivity index (χ0) is 41.9. The Morgan fingerprint density at radius 2 is 1.83 bits per heavy atom. The number of alkyl carbamates (subject to hydrolysis) is 1. The normalized spacial score (nSPS) is 27.6. The molecule has 3 N–H and O–H groups in total. The molecule has 3 unspecified atom stereocenters. The number of sulfonamides is 1. The minimum atomic E-state index is -4.00. The van der Waals surface area contributed by atoms with Crippen LogP contribution < -0.4 is 15.4 Å². The summed E-state index contributed by atoms with van der Waals surface area (Å²) in [7, 11) is -4.00. The second-order valence-electron chi connectivity index (χ2n) is 16.8. The van der Waals surface area contributed by atoms with Crippen molar-refractivity contribution in [2.45, 2.75) is 126 Å². The van der Waals surface area contributed by atoms with Crippen LogP contribution in [0.2, 0.25) is 0 Å². The number of nitrogens with zero attached hydrogens (tertiary/aromatic N) is 3. The first kappa shape index (κ1) is 40.9. The molecule has 314 valence electrons. The number of carbonyl (C=O) groups is 7. The molecule has 20 heteroatoms. The fourth-order valence-corrected chi connectivity index (χ4v) is 9.43. The molecule has 1 aromatic carbocycles. The van der Waals surface area contributed by atoms with Gasteiger partial charge in [-0.3, -0.25) is 28.8 Å². The van der Waals surface area contributed by atoms with Gasteiger partial charge < -0.3 is 34.6 Å². The number of likely N-dealkylation sites (tertiary alicyclic amines) is 2. The van der Waals surface area contributed by atoms with Crippen molar-refractivity contribution in [2.24, 2.45) is 5.92 Å². The Morgan fingerprint density at radius 3 is 2.45 bits per heavy atom. The van der Waals surface area contributed by atoms with E-state index in [4.69, 9.17) is 14.2 Å². The summed E-state index contributed by atoms with van der Waals surface area (Å²) in [6.07, 6.45) is -1.65. The number of fused-ring (bicyclic) bond motifs is 3. The predicted molar refractivity (Wildman–Crippen MR) is 198 cm³/mol. The van der Waals surface area contributed by atoms with Crippen LogP contribution in [0.25, 0.3) is 0 Å². The summed E-state index contributed by atoms with van der Waals surface area (Å²) in [4.78, 5) is 98.1. The highest BCUT2D eigenvalue weighted by atomic mass is 32.2. The fraction of sp³-hybridized carbons (Fsp3) is 0.605. The lowest BCUT2D eigenvalue weighted by Crippen LogP contribution is -2.58. The minimum Gasteiger partial charge on any atom is -0.459 e. The largest absolute Gasteiger partial charge is 0.459 e. The van der Waals surface area contributed by atoms with Gasteiger partial charge in [-0.2, -0.15) is 0 Å². The van der Waals surface area contributed by atoms with E-state index >= 15 is 0 Å². The van der Waals surface area contributed by atoms with E-state index in [1.807, 2.05) is 0 Å². The maximum atomic E-state index is 14.6. The van der Waals surface area contributed by atoms with Crippen molar-refractivity contribution in [2.75, 3.05) is 13.1 Å². The van der Waals surface area contributed by atoms with Crippen LogP contribution in [0.4, 0.5) is 14.0 Å². The molecule has 18 nitrogen and oxygen atoms in total. The van der Waals surface area contributed by atoms with Gasteiger partial charge in [-0.1, -0.05) is 18.2 Å². The highest BCUT2D eigenvalue weighted by Gasteiger charge is 2.62. The third-order valence-electron chi connectivity index (χ3n) is 11.3. The average molecular weight is 831 g/mol. The molecule has 0 radical (unpaired) electrons. The molecule has 2 bridgehead atoms. The van der Waals surface area contributed by atoms with Crippen molar-refractivity contribution >= 4 is 51.8 Å². The number of halogens is 1. The SMILES string of the molecule is C=CC1C[C@]1(NC(=O)[C@@H]1CC(OC(=O)N2Cc3cccc(F)c3C2)CN1C(=O)[C@H](CCC(=O)N1C[C@H]2CC1C(=O)O2)NC(=O)OC(C)(C)C)C(=O)NS(=O)(=O)C1CC1. The van der Waals surface area contributed by atoms with E-state index in [0.717, 1.165) is 4.90 Å². The molecule has 0 aromatic heterocycles. The van der Waals surface area contributed by atoms with E-state index in [-0.39, 0.29) is 51.9 Å². The topological polar surface area (TPSA) is 227 Å². The molecular formula is C38H47FN6O12S. The smallest absolute Gasteiger partial charge is 0.410 e. The third kappa shape index (κ3) is 8.33. The Morgan fingerprint density at radius 1 is 1.09 bits per heavy atom. The van der Waals surface area contributed by atoms with Crippen LogP contribution in [0.5, 0.6) is 0 Å². The number of ether oxygens (including phenoxy) is 3. The van der Waals surface area contributed by atoms with Crippen molar-refractivity contribution in [3.63, 3.8) is 0 Å². The van der Waals surface area contributed by atoms with Gasteiger partial charge in [-0.15, -0.1) is 6.58 Å². The number of morpholine rings is 1. The lowest BCUT2D eigenvalue weighted by molar-refractivity contribution is -0.157. The number of esters is 1. The van der Waals surface area contributed by atoms with Crippen LogP contribution in [0, 0.1) is 11.7 Å². The Bertz CT molecular complexity index is 2060. The molecule has 1 aromatic rings. The number of carbonyl (C=O) groups excluding carboxylic acids is 7. The Hall–Kier alpha value is -5.27. The molecule has 6 amide bonds. The summed E-state index contributed by atoms with van der Waals surface area (Å²) in [5.74, 6) is -4.79. The maximum Gasteiger partial charge on any atom is 0.410 e. The zero-order valence-corrected chi connectivity index (χ0v) is 33.2. The van der Waals surface area contributed by atoms with Crippen molar-refractivity contribution in [1.29, 1.82) is 0 Å².